The number of halogens is 10. The highest BCUT2D eigenvalue weighted by molar-refractivity contribution is 9.31. The fourth-order valence-electron chi connectivity index (χ4n) is 3.02. The van der Waals surface area contributed by atoms with Gasteiger partial charge in [0.2, 0.25) is 0 Å². The maximum atomic E-state index is 7.23. The Morgan fingerprint density at radius 3 is 1.03 bits per heavy atom. The molecule has 0 saturated heterocycles. The Morgan fingerprint density at radius 2 is 0.788 bits per heavy atom. The average Bonchev–Trinajstić information content (AvgIpc) is 2.79. The first kappa shape index (κ1) is 32.4. The quantitative estimate of drug-likeness (QED) is 0.216. The summed E-state index contributed by atoms with van der Waals surface area (Å²) in [4.78, 5) is 0. The van der Waals surface area contributed by atoms with Crippen molar-refractivity contribution < 1.29 is 4.74 Å². The molecule has 2 aromatic rings. The highest BCUT2D eigenvalue weighted by Gasteiger charge is 2.67. The topological polar surface area (TPSA) is 9.23 Å². The standard InChI is InChI=1S/C22H20Br10O/c1-3-17(23,24)21(29,30)19(27,15-11-7-5-8-12-15)33-20(28,16-13-9-6-10-14-16)22(31,32)18(25,26)4-2/h5-14H,3-4H2,1-2H3. The summed E-state index contributed by atoms with van der Waals surface area (Å²) in [7, 11) is 0. The molecule has 0 saturated carbocycles. The summed E-state index contributed by atoms with van der Waals surface area (Å²) in [5, 5.41) is 0. The first-order valence-electron chi connectivity index (χ1n) is 9.74. The van der Waals surface area contributed by atoms with E-state index in [4.69, 9.17) is 4.74 Å². The van der Waals surface area contributed by atoms with E-state index >= 15 is 0 Å². The first-order chi connectivity index (χ1) is 15.0. The van der Waals surface area contributed by atoms with Gasteiger partial charge in [-0.25, -0.2) is 0 Å². The second-order valence-corrected chi connectivity index (χ2v) is 24.0. The van der Waals surface area contributed by atoms with E-state index in [0.29, 0.717) is 0 Å². The molecule has 11 heteroatoms. The van der Waals surface area contributed by atoms with E-state index < -0.39 is 22.0 Å². The van der Waals surface area contributed by atoms with Gasteiger partial charge in [0, 0.05) is 0 Å². The van der Waals surface area contributed by atoms with Crippen molar-refractivity contribution in [3.05, 3.63) is 71.8 Å². The third-order valence-corrected chi connectivity index (χ3v) is 23.6. The summed E-state index contributed by atoms with van der Waals surface area (Å²) < 4.78 is 2.08. The maximum Gasteiger partial charge on any atom is 0.177 e. The summed E-state index contributed by atoms with van der Waals surface area (Å²) in [5.41, 5.74) is 1.80. The van der Waals surface area contributed by atoms with E-state index in [0.717, 1.165) is 24.0 Å². The minimum absolute atomic E-state index is 0.594. The van der Waals surface area contributed by atoms with Gasteiger partial charge in [-0.05, 0) is 55.8 Å². The lowest BCUT2D eigenvalue weighted by Crippen LogP contribution is -2.58. The van der Waals surface area contributed by atoms with Crippen LogP contribution in [-0.4, -0.2) is 12.9 Å². The summed E-state index contributed by atoms with van der Waals surface area (Å²) in [6.45, 7) is 4.16. The van der Waals surface area contributed by atoms with Crippen molar-refractivity contribution in [2.45, 2.75) is 48.6 Å². The van der Waals surface area contributed by atoms with Crippen LogP contribution in [0.3, 0.4) is 0 Å². The number of ether oxygens (including phenoxy) is 1. The molecule has 0 aliphatic rings. The molecule has 2 aromatic carbocycles. The van der Waals surface area contributed by atoms with Crippen LogP contribution in [-0.2, 0) is 13.8 Å². The van der Waals surface area contributed by atoms with Crippen LogP contribution in [0.15, 0.2) is 60.7 Å². The normalized spacial score (nSPS) is 17.3. The van der Waals surface area contributed by atoms with Crippen molar-refractivity contribution in [1.29, 1.82) is 0 Å². The van der Waals surface area contributed by atoms with Crippen LogP contribution in [0.5, 0.6) is 0 Å². The largest absolute Gasteiger partial charge is 0.332 e. The Labute approximate surface area is 280 Å². The predicted molar refractivity (Wildman–Crippen MR) is 178 cm³/mol. The molecule has 0 heterocycles. The van der Waals surface area contributed by atoms with Gasteiger partial charge in [-0.2, -0.15) is 0 Å². The van der Waals surface area contributed by atoms with Crippen LogP contribution in [0.1, 0.15) is 37.8 Å². The lowest BCUT2D eigenvalue weighted by molar-refractivity contribution is -0.0646. The van der Waals surface area contributed by atoms with E-state index in [-0.39, 0.29) is 0 Å². The van der Waals surface area contributed by atoms with Gasteiger partial charge in [0.05, 0.1) is 0 Å². The Bertz CT molecular complexity index is 844. The average molecular weight is 1100 g/mol. The summed E-state index contributed by atoms with van der Waals surface area (Å²) in [5.74, 6) is 0. The van der Waals surface area contributed by atoms with E-state index in [2.05, 4.69) is 173 Å². The molecule has 0 amide bonds. The van der Waals surface area contributed by atoms with Gasteiger partial charge in [-0.15, -0.1) is 0 Å². The summed E-state index contributed by atoms with van der Waals surface area (Å²) >= 11 is 39.3. The van der Waals surface area contributed by atoms with Gasteiger partial charge in [-0.3, -0.25) is 0 Å². The highest BCUT2D eigenvalue weighted by Crippen LogP contribution is 2.69. The van der Waals surface area contributed by atoms with Gasteiger partial charge in [0.1, 0.15) is 12.9 Å². The Balaban J connectivity index is 2.88. The molecule has 0 fully saturated rings. The molecule has 0 bridgehead atoms. The number of rotatable bonds is 10. The van der Waals surface area contributed by atoms with Crippen LogP contribution in [0.25, 0.3) is 0 Å². The van der Waals surface area contributed by atoms with Crippen molar-refractivity contribution in [2.24, 2.45) is 0 Å². The molecular formula is C22H20Br10O. The number of alkyl halides is 10. The third kappa shape index (κ3) is 6.19. The van der Waals surface area contributed by atoms with E-state index in [1.165, 1.54) is 0 Å². The fraction of sp³-hybridized carbons (Fsp3) is 0.455. The van der Waals surface area contributed by atoms with Gasteiger partial charge >= 0.3 is 0 Å². The molecule has 0 radical (unpaired) electrons. The highest BCUT2D eigenvalue weighted by atomic mass is 79.9. The third-order valence-electron chi connectivity index (χ3n) is 5.19. The molecule has 0 aliphatic heterocycles. The second kappa shape index (κ2) is 12.2. The van der Waals surface area contributed by atoms with Crippen LogP contribution in [0.4, 0.5) is 0 Å². The summed E-state index contributed by atoms with van der Waals surface area (Å²) in [6.07, 6.45) is 1.47. The van der Waals surface area contributed by atoms with Gasteiger partial charge < -0.3 is 4.74 Å². The van der Waals surface area contributed by atoms with Crippen LogP contribution in [0, 0.1) is 0 Å². The van der Waals surface area contributed by atoms with Gasteiger partial charge in [0.25, 0.3) is 0 Å². The van der Waals surface area contributed by atoms with E-state index in [1.54, 1.807) is 0 Å². The van der Waals surface area contributed by atoms with Crippen molar-refractivity contribution in [1.82, 2.24) is 0 Å². The fourth-order valence-corrected chi connectivity index (χ4v) is 9.47. The number of hydrogen-bond donors (Lipinski definition) is 0. The minimum atomic E-state index is -1.11. The SMILES string of the molecule is CCC(Br)(Br)C(Br)(Br)C(Br)(OC(Br)(c1ccccc1)C(Br)(Br)C(Br)(Br)CC)c1ccccc1. The Morgan fingerprint density at radius 1 is 0.515 bits per heavy atom. The minimum Gasteiger partial charge on any atom is -0.332 e. The van der Waals surface area contributed by atoms with Crippen LogP contribution < -0.4 is 0 Å². The zero-order valence-electron chi connectivity index (χ0n) is 17.4. The molecule has 1 nitrogen and oxygen atoms in total. The molecular weight excluding hydrogens is 1080 g/mol. The molecule has 0 aliphatic carbocycles. The predicted octanol–water partition coefficient (Wildman–Crippen LogP) is 12.3. The molecule has 0 N–H and O–H groups in total. The lowest BCUT2D eigenvalue weighted by atomic mass is 9.99. The van der Waals surface area contributed by atoms with Crippen molar-refractivity contribution in [2.75, 3.05) is 0 Å². The van der Waals surface area contributed by atoms with Gasteiger partial charge in [-0.1, -0.05) is 202 Å². The molecule has 0 aromatic heterocycles. The van der Waals surface area contributed by atoms with Crippen molar-refractivity contribution in [3.63, 3.8) is 0 Å². The Kier molecular flexibility index (Phi) is 11.9. The molecule has 184 valence electrons. The Hall–Kier alpha value is 3.20. The summed E-state index contributed by atoms with van der Waals surface area (Å²) in [6, 6.07) is 20.0. The smallest absolute Gasteiger partial charge is 0.177 e. The van der Waals surface area contributed by atoms with Crippen molar-refractivity contribution in [3.8, 4) is 0 Å². The van der Waals surface area contributed by atoms with E-state index in [1.807, 2.05) is 60.7 Å². The molecule has 33 heavy (non-hydrogen) atoms. The molecule has 2 rings (SSSR count). The first-order valence-corrected chi connectivity index (χ1v) is 17.7. The van der Waals surface area contributed by atoms with Crippen LogP contribution in [0.2, 0.25) is 0 Å². The van der Waals surface area contributed by atoms with Gasteiger partial charge in [0.15, 0.2) is 9.02 Å². The van der Waals surface area contributed by atoms with Crippen LogP contribution >= 0.6 is 159 Å². The zero-order valence-corrected chi connectivity index (χ0v) is 33.2. The number of benzene rings is 2. The molecule has 2 unspecified atom stereocenters. The molecule has 0 spiro atoms. The lowest BCUT2D eigenvalue weighted by Gasteiger charge is -2.53. The number of hydrogen-bond acceptors (Lipinski definition) is 1. The molecule has 2 atom stereocenters. The van der Waals surface area contributed by atoms with E-state index in [9.17, 15) is 0 Å². The zero-order chi connectivity index (χ0) is 25.3. The monoisotopic (exact) mass is 1090 g/mol. The maximum absolute atomic E-state index is 7.23. The van der Waals surface area contributed by atoms with Crippen molar-refractivity contribution >= 4 is 159 Å². The second-order valence-electron chi connectivity index (χ2n) is 7.29.